The molecule has 1 aliphatic heterocycles. The van der Waals surface area contributed by atoms with Crippen LogP contribution in [0.25, 0.3) is 0 Å². The van der Waals surface area contributed by atoms with Crippen molar-refractivity contribution >= 4 is 11.3 Å². The first-order chi connectivity index (χ1) is 7.92. The molecule has 5 heteroatoms. The van der Waals surface area contributed by atoms with Crippen molar-refractivity contribution in [2.45, 2.75) is 32.0 Å². The fourth-order valence-corrected chi connectivity index (χ4v) is 2.72. The molecule has 3 heterocycles. The van der Waals surface area contributed by atoms with Crippen LogP contribution in [0.5, 0.6) is 0 Å². The molecule has 84 valence electrons. The summed E-state index contributed by atoms with van der Waals surface area (Å²) in [6.45, 7) is 1.91. The number of fused-ring (bicyclic) bond motifs is 1. The Bertz CT molecular complexity index is 448. The summed E-state index contributed by atoms with van der Waals surface area (Å²) >= 11 is 1.80. The number of hydrogen-bond acceptors (Lipinski definition) is 4. The topological polar surface area (TPSA) is 42.7 Å². The Morgan fingerprint density at radius 2 is 2.56 bits per heavy atom. The van der Waals surface area contributed by atoms with Crippen molar-refractivity contribution in [1.82, 2.24) is 20.1 Å². The predicted octanol–water partition coefficient (Wildman–Crippen LogP) is 1.44. The first kappa shape index (κ1) is 9.99. The quantitative estimate of drug-likeness (QED) is 0.874. The molecule has 1 N–H and O–H groups in total. The molecule has 0 fully saturated rings. The third-order valence-electron chi connectivity index (χ3n) is 2.95. The molecule has 3 rings (SSSR count). The first-order valence-corrected chi connectivity index (χ1v) is 6.42. The summed E-state index contributed by atoms with van der Waals surface area (Å²) in [5.74, 6) is 1.12. The van der Waals surface area contributed by atoms with Crippen molar-refractivity contribution in [2.75, 3.05) is 0 Å². The van der Waals surface area contributed by atoms with Crippen LogP contribution in [0, 0.1) is 0 Å². The molecule has 0 unspecified atom stereocenters. The van der Waals surface area contributed by atoms with Crippen molar-refractivity contribution in [3.63, 3.8) is 0 Å². The SMILES string of the molecule is c1csc(CN[C@H]2CCc3ncnn3C2)c1. The van der Waals surface area contributed by atoms with Gasteiger partial charge in [-0.05, 0) is 17.9 Å². The van der Waals surface area contributed by atoms with Crippen LogP contribution in [0.15, 0.2) is 23.8 Å². The van der Waals surface area contributed by atoms with E-state index in [0.717, 1.165) is 31.8 Å². The fraction of sp³-hybridized carbons (Fsp3) is 0.455. The maximum atomic E-state index is 4.23. The van der Waals surface area contributed by atoms with Gasteiger partial charge in [-0.1, -0.05) is 6.07 Å². The van der Waals surface area contributed by atoms with E-state index in [1.54, 1.807) is 17.7 Å². The van der Waals surface area contributed by atoms with E-state index in [4.69, 9.17) is 0 Å². The summed E-state index contributed by atoms with van der Waals surface area (Å²) < 4.78 is 2.01. The van der Waals surface area contributed by atoms with Gasteiger partial charge in [-0.2, -0.15) is 5.10 Å². The van der Waals surface area contributed by atoms with Crippen molar-refractivity contribution < 1.29 is 0 Å². The molecule has 0 aromatic carbocycles. The predicted molar refractivity (Wildman–Crippen MR) is 63.3 cm³/mol. The molecule has 0 saturated carbocycles. The molecule has 0 bridgehead atoms. The first-order valence-electron chi connectivity index (χ1n) is 5.54. The lowest BCUT2D eigenvalue weighted by Gasteiger charge is -2.23. The zero-order chi connectivity index (χ0) is 10.8. The van der Waals surface area contributed by atoms with Gasteiger partial charge in [0, 0.05) is 23.9 Å². The molecule has 0 amide bonds. The molecule has 0 radical (unpaired) electrons. The van der Waals surface area contributed by atoms with Gasteiger partial charge in [0.15, 0.2) is 0 Å². The van der Waals surface area contributed by atoms with Gasteiger partial charge in [0.1, 0.15) is 12.2 Å². The fourth-order valence-electron chi connectivity index (χ4n) is 2.06. The highest BCUT2D eigenvalue weighted by Crippen LogP contribution is 2.13. The van der Waals surface area contributed by atoms with Crippen molar-refractivity contribution in [1.29, 1.82) is 0 Å². The smallest absolute Gasteiger partial charge is 0.138 e. The van der Waals surface area contributed by atoms with Crippen LogP contribution in [0.1, 0.15) is 17.1 Å². The third kappa shape index (κ3) is 2.01. The highest BCUT2D eigenvalue weighted by Gasteiger charge is 2.18. The lowest BCUT2D eigenvalue weighted by molar-refractivity contribution is 0.359. The van der Waals surface area contributed by atoms with Crippen LogP contribution < -0.4 is 5.32 Å². The van der Waals surface area contributed by atoms with Gasteiger partial charge >= 0.3 is 0 Å². The number of aromatic nitrogens is 3. The number of nitrogens with zero attached hydrogens (tertiary/aromatic N) is 3. The van der Waals surface area contributed by atoms with E-state index in [1.807, 2.05) is 4.68 Å². The van der Waals surface area contributed by atoms with Gasteiger partial charge in [0.2, 0.25) is 0 Å². The van der Waals surface area contributed by atoms with Crippen LogP contribution in [-0.4, -0.2) is 20.8 Å². The van der Waals surface area contributed by atoms with Crippen LogP contribution in [-0.2, 0) is 19.5 Å². The zero-order valence-electron chi connectivity index (χ0n) is 8.97. The van der Waals surface area contributed by atoms with Gasteiger partial charge in [-0.25, -0.2) is 9.67 Å². The summed E-state index contributed by atoms with van der Waals surface area (Å²) in [4.78, 5) is 5.62. The second kappa shape index (κ2) is 4.35. The highest BCUT2D eigenvalue weighted by molar-refractivity contribution is 7.09. The summed E-state index contributed by atoms with van der Waals surface area (Å²) in [6, 6.07) is 4.79. The molecule has 0 saturated heterocycles. The molecule has 0 aliphatic carbocycles. The van der Waals surface area contributed by atoms with Crippen LogP contribution in [0.3, 0.4) is 0 Å². The Labute approximate surface area is 98.3 Å². The third-order valence-corrected chi connectivity index (χ3v) is 3.83. The maximum absolute atomic E-state index is 4.23. The molecular weight excluding hydrogens is 220 g/mol. The Morgan fingerprint density at radius 3 is 3.44 bits per heavy atom. The second-order valence-corrected chi connectivity index (χ2v) is 5.09. The van der Waals surface area contributed by atoms with Gasteiger partial charge < -0.3 is 5.32 Å². The van der Waals surface area contributed by atoms with Gasteiger partial charge in [0.05, 0.1) is 6.54 Å². The summed E-state index contributed by atoms with van der Waals surface area (Å²) in [7, 11) is 0. The minimum absolute atomic E-state index is 0.524. The van der Waals surface area contributed by atoms with Crippen molar-refractivity contribution in [3.05, 3.63) is 34.5 Å². The minimum atomic E-state index is 0.524. The molecule has 1 atom stereocenters. The standard InChI is InChI=1S/C11H14N4S/c1-2-10(16-5-1)6-12-9-3-4-11-13-8-14-15(11)7-9/h1-2,5,8-9,12H,3-4,6-7H2/t9-/m0/s1. The van der Waals surface area contributed by atoms with E-state index < -0.39 is 0 Å². The molecular formula is C11H14N4S. The summed E-state index contributed by atoms with van der Waals surface area (Å²) in [5.41, 5.74) is 0. The van der Waals surface area contributed by atoms with E-state index in [-0.39, 0.29) is 0 Å². The van der Waals surface area contributed by atoms with Crippen molar-refractivity contribution in [3.8, 4) is 0 Å². The van der Waals surface area contributed by atoms with E-state index >= 15 is 0 Å². The molecule has 1 aliphatic rings. The van der Waals surface area contributed by atoms with E-state index in [0.29, 0.717) is 6.04 Å². The minimum Gasteiger partial charge on any atom is -0.307 e. The lowest BCUT2D eigenvalue weighted by Crippen LogP contribution is -2.37. The largest absolute Gasteiger partial charge is 0.307 e. The number of hydrogen-bond donors (Lipinski definition) is 1. The number of thiophene rings is 1. The number of rotatable bonds is 3. The Morgan fingerprint density at radius 1 is 1.56 bits per heavy atom. The summed E-state index contributed by atoms with van der Waals surface area (Å²) in [5, 5.41) is 9.92. The van der Waals surface area contributed by atoms with Gasteiger partial charge in [-0.3, -0.25) is 0 Å². The monoisotopic (exact) mass is 234 g/mol. The van der Waals surface area contributed by atoms with E-state index in [1.165, 1.54) is 4.88 Å². The normalized spacial score (nSPS) is 19.6. The number of aryl methyl sites for hydroxylation is 1. The van der Waals surface area contributed by atoms with Crippen LogP contribution >= 0.6 is 11.3 Å². The molecule has 2 aromatic heterocycles. The van der Waals surface area contributed by atoms with E-state index in [9.17, 15) is 0 Å². The average molecular weight is 234 g/mol. The Kier molecular flexibility index (Phi) is 2.71. The van der Waals surface area contributed by atoms with Crippen molar-refractivity contribution in [2.24, 2.45) is 0 Å². The van der Waals surface area contributed by atoms with Crippen LogP contribution in [0.2, 0.25) is 0 Å². The van der Waals surface area contributed by atoms with E-state index in [2.05, 4.69) is 32.9 Å². The van der Waals surface area contributed by atoms with Gasteiger partial charge in [0.25, 0.3) is 0 Å². The Hall–Kier alpha value is -1.20. The average Bonchev–Trinajstić information content (AvgIpc) is 2.97. The lowest BCUT2D eigenvalue weighted by atomic mass is 10.1. The maximum Gasteiger partial charge on any atom is 0.138 e. The molecule has 0 spiro atoms. The zero-order valence-corrected chi connectivity index (χ0v) is 9.78. The second-order valence-electron chi connectivity index (χ2n) is 4.05. The van der Waals surface area contributed by atoms with Crippen LogP contribution in [0.4, 0.5) is 0 Å². The Balaban J connectivity index is 1.58. The molecule has 4 nitrogen and oxygen atoms in total. The molecule has 2 aromatic rings. The molecule has 16 heavy (non-hydrogen) atoms. The summed E-state index contributed by atoms with van der Waals surface area (Å²) in [6.07, 6.45) is 3.84. The number of nitrogens with one attached hydrogen (secondary N) is 1. The highest BCUT2D eigenvalue weighted by atomic mass is 32.1. The van der Waals surface area contributed by atoms with Gasteiger partial charge in [-0.15, -0.1) is 11.3 Å².